The maximum atomic E-state index is 13.7. The molecule has 0 fully saturated rings. The number of halogens is 2. The summed E-state index contributed by atoms with van der Waals surface area (Å²) in [6, 6.07) is 22.9. The minimum Gasteiger partial charge on any atom is -0.354 e. The number of nitrogens with one attached hydrogen (secondary N) is 1. The van der Waals surface area contributed by atoms with E-state index in [9.17, 15) is 9.59 Å². The van der Waals surface area contributed by atoms with Gasteiger partial charge < -0.3 is 10.2 Å². The second-order valence-electron chi connectivity index (χ2n) is 9.29. The van der Waals surface area contributed by atoms with E-state index in [0.29, 0.717) is 35.9 Å². The molecule has 0 aliphatic heterocycles. The first-order valence-corrected chi connectivity index (χ1v) is 13.8. The van der Waals surface area contributed by atoms with E-state index in [2.05, 4.69) is 43.4 Å². The Bertz CT molecular complexity index is 1150. The first-order valence-electron chi connectivity index (χ1n) is 13.0. The molecule has 0 aliphatic rings. The van der Waals surface area contributed by atoms with Gasteiger partial charge in [0.15, 0.2) is 0 Å². The third kappa shape index (κ3) is 8.91. The van der Waals surface area contributed by atoms with Gasteiger partial charge in [-0.2, -0.15) is 0 Å². The molecule has 0 aliphatic carbocycles. The van der Waals surface area contributed by atoms with Crippen molar-refractivity contribution in [1.82, 2.24) is 10.2 Å². The maximum absolute atomic E-state index is 13.7. The standard InChI is InChI=1S/C31H36Cl2N2O2/c1-3-5-19-34-31(37)29(21-25-9-7-6-8-10-25)35(22-26-15-17-27(32)28(33)20-26)30(36)18-16-24-13-11-23(4-2)12-14-24/h6-15,17,20,29H,3-5,16,18-19,21-22H2,1-2H3,(H,34,37)/t29-/m0/s1. The minimum absolute atomic E-state index is 0.0720. The van der Waals surface area contributed by atoms with Crippen LogP contribution in [-0.2, 0) is 35.4 Å². The van der Waals surface area contributed by atoms with E-state index in [1.807, 2.05) is 36.4 Å². The average molecular weight is 540 g/mol. The van der Waals surface area contributed by atoms with Crippen LogP contribution < -0.4 is 5.32 Å². The number of hydrogen-bond donors (Lipinski definition) is 1. The lowest BCUT2D eigenvalue weighted by Crippen LogP contribution is -2.50. The van der Waals surface area contributed by atoms with Crippen LogP contribution in [0.2, 0.25) is 10.0 Å². The Labute approximate surface area is 231 Å². The predicted octanol–water partition coefficient (Wildman–Crippen LogP) is 7.04. The third-order valence-corrected chi connectivity index (χ3v) is 7.24. The Hall–Kier alpha value is -2.82. The Morgan fingerprint density at radius 3 is 2.16 bits per heavy atom. The van der Waals surface area contributed by atoms with E-state index in [1.165, 1.54) is 5.56 Å². The van der Waals surface area contributed by atoms with Crippen LogP contribution in [0.5, 0.6) is 0 Å². The summed E-state index contributed by atoms with van der Waals surface area (Å²) in [5.74, 6) is -0.213. The number of benzene rings is 3. The normalized spacial score (nSPS) is 11.7. The molecule has 3 aromatic carbocycles. The largest absolute Gasteiger partial charge is 0.354 e. The van der Waals surface area contributed by atoms with Gasteiger partial charge in [-0.05, 0) is 53.6 Å². The number of rotatable bonds is 13. The highest BCUT2D eigenvalue weighted by Gasteiger charge is 2.30. The fourth-order valence-corrected chi connectivity index (χ4v) is 4.55. The molecule has 196 valence electrons. The van der Waals surface area contributed by atoms with Gasteiger partial charge in [0, 0.05) is 25.9 Å². The number of hydrogen-bond acceptors (Lipinski definition) is 2. The SMILES string of the molecule is CCCCNC(=O)[C@H](Cc1ccccc1)N(Cc1ccc(Cl)c(Cl)c1)C(=O)CCc1ccc(CC)cc1. The van der Waals surface area contributed by atoms with Gasteiger partial charge in [-0.3, -0.25) is 9.59 Å². The first-order chi connectivity index (χ1) is 17.9. The number of aryl methyl sites for hydroxylation is 2. The smallest absolute Gasteiger partial charge is 0.243 e. The highest BCUT2D eigenvalue weighted by Crippen LogP contribution is 2.25. The van der Waals surface area contributed by atoms with Crippen LogP contribution >= 0.6 is 23.2 Å². The fourth-order valence-electron chi connectivity index (χ4n) is 4.23. The lowest BCUT2D eigenvalue weighted by molar-refractivity contribution is -0.141. The molecule has 4 nitrogen and oxygen atoms in total. The molecule has 0 heterocycles. The summed E-state index contributed by atoms with van der Waals surface area (Å²) in [7, 11) is 0. The summed E-state index contributed by atoms with van der Waals surface area (Å²) in [4.78, 5) is 28.9. The molecule has 3 aromatic rings. The zero-order chi connectivity index (χ0) is 26.6. The lowest BCUT2D eigenvalue weighted by Gasteiger charge is -2.32. The van der Waals surface area contributed by atoms with E-state index in [1.54, 1.807) is 17.0 Å². The van der Waals surface area contributed by atoms with E-state index in [-0.39, 0.29) is 18.4 Å². The highest BCUT2D eigenvalue weighted by atomic mass is 35.5. The van der Waals surface area contributed by atoms with Crippen molar-refractivity contribution in [3.63, 3.8) is 0 Å². The van der Waals surface area contributed by atoms with E-state index in [4.69, 9.17) is 23.2 Å². The Balaban J connectivity index is 1.88. The average Bonchev–Trinajstić information content (AvgIpc) is 2.92. The number of carbonyl (C=O) groups is 2. The second-order valence-corrected chi connectivity index (χ2v) is 10.1. The molecule has 0 saturated heterocycles. The van der Waals surface area contributed by atoms with Crippen LogP contribution in [0.3, 0.4) is 0 Å². The summed E-state index contributed by atoms with van der Waals surface area (Å²) in [6.45, 7) is 5.06. The number of nitrogens with zero attached hydrogens (tertiary/aromatic N) is 1. The second kappa shape index (κ2) is 14.8. The Morgan fingerprint density at radius 1 is 0.838 bits per heavy atom. The van der Waals surface area contributed by atoms with Crippen molar-refractivity contribution in [2.24, 2.45) is 0 Å². The molecule has 1 N–H and O–H groups in total. The van der Waals surface area contributed by atoms with Crippen LogP contribution in [0.15, 0.2) is 72.8 Å². The van der Waals surface area contributed by atoms with Crippen molar-refractivity contribution < 1.29 is 9.59 Å². The topological polar surface area (TPSA) is 49.4 Å². The fraction of sp³-hybridized carbons (Fsp3) is 0.355. The molecule has 6 heteroatoms. The van der Waals surface area contributed by atoms with Gasteiger partial charge in [-0.1, -0.05) is 104 Å². The molecule has 3 rings (SSSR count). The lowest BCUT2D eigenvalue weighted by atomic mass is 10.0. The number of carbonyl (C=O) groups excluding carboxylic acids is 2. The van der Waals surface area contributed by atoms with Crippen LogP contribution in [-0.4, -0.2) is 29.3 Å². The molecule has 0 spiro atoms. The number of unbranched alkanes of at least 4 members (excludes halogenated alkanes) is 1. The van der Waals surface area contributed by atoms with Gasteiger partial charge in [0.05, 0.1) is 10.0 Å². The van der Waals surface area contributed by atoms with Crippen molar-refractivity contribution in [3.05, 3.63) is 105 Å². The van der Waals surface area contributed by atoms with Crippen molar-refractivity contribution >= 4 is 35.0 Å². The summed E-state index contributed by atoms with van der Waals surface area (Å²) >= 11 is 12.4. The molecule has 0 aromatic heterocycles. The summed E-state index contributed by atoms with van der Waals surface area (Å²) in [5.41, 5.74) is 4.20. The quantitative estimate of drug-likeness (QED) is 0.237. The molecule has 2 amide bonds. The van der Waals surface area contributed by atoms with Crippen LogP contribution in [0.1, 0.15) is 55.4 Å². The molecular formula is C31H36Cl2N2O2. The van der Waals surface area contributed by atoms with Crippen LogP contribution in [0.25, 0.3) is 0 Å². The van der Waals surface area contributed by atoms with Crippen LogP contribution in [0.4, 0.5) is 0 Å². The molecule has 0 unspecified atom stereocenters. The monoisotopic (exact) mass is 538 g/mol. The van der Waals surface area contributed by atoms with Gasteiger partial charge in [0.25, 0.3) is 0 Å². The molecular weight excluding hydrogens is 503 g/mol. The van der Waals surface area contributed by atoms with E-state index < -0.39 is 6.04 Å². The third-order valence-electron chi connectivity index (χ3n) is 6.50. The molecule has 1 atom stereocenters. The molecule has 0 radical (unpaired) electrons. The van der Waals surface area contributed by atoms with Crippen molar-refractivity contribution in [2.45, 2.75) is 65.0 Å². The van der Waals surface area contributed by atoms with Crippen molar-refractivity contribution in [2.75, 3.05) is 6.54 Å². The zero-order valence-corrected chi connectivity index (χ0v) is 23.2. The van der Waals surface area contributed by atoms with Gasteiger partial charge in [0.2, 0.25) is 11.8 Å². The highest BCUT2D eigenvalue weighted by molar-refractivity contribution is 6.42. The van der Waals surface area contributed by atoms with Gasteiger partial charge in [-0.15, -0.1) is 0 Å². The molecule has 0 saturated carbocycles. The summed E-state index contributed by atoms with van der Waals surface area (Å²) in [6.07, 6.45) is 4.18. The minimum atomic E-state index is -0.649. The van der Waals surface area contributed by atoms with Crippen molar-refractivity contribution in [1.29, 1.82) is 0 Å². The first kappa shape index (κ1) is 28.7. The zero-order valence-electron chi connectivity index (χ0n) is 21.7. The van der Waals surface area contributed by atoms with E-state index >= 15 is 0 Å². The summed E-state index contributed by atoms with van der Waals surface area (Å²) < 4.78 is 0. The molecule has 37 heavy (non-hydrogen) atoms. The van der Waals surface area contributed by atoms with Gasteiger partial charge in [0.1, 0.15) is 6.04 Å². The van der Waals surface area contributed by atoms with Gasteiger partial charge in [-0.25, -0.2) is 0 Å². The summed E-state index contributed by atoms with van der Waals surface area (Å²) in [5, 5.41) is 3.93. The van der Waals surface area contributed by atoms with Gasteiger partial charge >= 0.3 is 0 Å². The maximum Gasteiger partial charge on any atom is 0.243 e. The number of amides is 2. The molecule has 0 bridgehead atoms. The van der Waals surface area contributed by atoms with E-state index in [0.717, 1.165) is 36.0 Å². The van der Waals surface area contributed by atoms with Crippen molar-refractivity contribution in [3.8, 4) is 0 Å². The Morgan fingerprint density at radius 2 is 1.51 bits per heavy atom. The predicted molar refractivity (Wildman–Crippen MR) is 153 cm³/mol. The Kier molecular flexibility index (Phi) is 11.5. The van der Waals surface area contributed by atoms with Crippen LogP contribution in [0, 0.1) is 0 Å².